The van der Waals surface area contributed by atoms with Gasteiger partial charge in [-0.05, 0) is 35.1 Å². The van der Waals surface area contributed by atoms with E-state index in [-0.39, 0.29) is 0 Å². The van der Waals surface area contributed by atoms with Gasteiger partial charge in [0, 0.05) is 0 Å². The predicted molar refractivity (Wildman–Crippen MR) is 79.6 cm³/mol. The van der Waals surface area contributed by atoms with E-state index in [0.717, 1.165) is 12.8 Å². The molecular weight excluding hydrogens is 276 g/mol. The van der Waals surface area contributed by atoms with E-state index in [9.17, 15) is 8.42 Å². The molecule has 1 rings (SSSR count). The molecule has 0 heterocycles. The van der Waals surface area contributed by atoms with Gasteiger partial charge in [0.2, 0.25) is 0 Å². The van der Waals surface area contributed by atoms with Crippen LogP contribution in [0.25, 0.3) is 0 Å². The van der Waals surface area contributed by atoms with Crippen molar-refractivity contribution in [1.29, 1.82) is 0 Å². The number of nitrogens with zero attached hydrogens (tertiary/aromatic N) is 2. The molecule has 0 atom stereocenters. The fourth-order valence-corrected chi connectivity index (χ4v) is 2.13. The molecule has 0 aliphatic carbocycles. The molecule has 0 radical (unpaired) electrons. The number of unbranched alkanes of at least 4 members (excludes halogenated alkanes) is 5. The highest BCUT2D eigenvalue weighted by molar-refractivity contribution is 7.84. The van der Waals surface area contributed by atoms with E-state index in [4.69, 9.17) is 4.55 Å². The van der Waals surface area contributed by atoms with E-state index < -0.39 is 10.3 Å². The lowest BCUT2D eigenvalue weighted by atomic mass is 10.0. The highest BCUT2D eigenvalue weighted by atomic mass is 32.2. The first-order chi connectivity index (χ1) is 9.51. The van der Waals surface area contributed by atoms with Gasteiger partial charge in [0.15, 0.2) is 0 Å². The normalized spacial score (nSPS) is 12.1. The van der Waals surface area contributed by atoms with Crippen molar-refractivity contribution in [2.24, 2.45) is 9.63 Å². The SMILES string of the molecule is CCCCCCCCc1ccc(N=NS(=O)(=O)O)cc1. The zero-order chi connectivity index (χ0) is 14.8. The molecule has 0 aliphatic heterocycles. The minimum Gasteiger partial charge on any atom is -0.267 e. The summed E-state index contributed by atoms with van der Waals surface area (Å²) in [5, 5.41) is 3.44. The molecule has 1 N–H and O–H groups in total. The molecule has 6 heteroatoms. The lowest BCUT2D eigenvalue weighted by Gasteiger charge is -2.02. The summed E-state index contributed by atoms with van der Waals surface area (Å²) in [6.07, 6.45) is 8.59. The van der Waals surface area contributed by atoms with Gasteiger partial charge in [0.25, 0.3) is 0 Å². The Morgan fingerprint density at radius 2 is 1.60 bits per heavy atom. The van der Waals surface area contributed by atoms with Gasteiger partial charge in [-0.15, -0.1) is 5.11 Å². The van der Waals surface area contributed by atoms with Gasteiger partial charge < -0.3 is 0 Å². The molecule has 0 fully saturated rings. The maximum atomic E-state index is 10.4. The van der Waals surface area contributed by atoms with E-state index in [2.05, 4.69) is 16.6 Å². The Balaban J connectivity index is 2.34. The summed E-state index contributed by atoms with van der Waals surface area (Å²) in [6, 6.07) is 7.21. The molecule has 0 aromatic heterocycles. The van der Waals surface area contributed by atoms with Gasteiger partial charge >= 0.3 is 10.3 Å². The molecule has 0 bridgehead atoms. The third-order valence-corrected chi connectivity index (χ3v) is 3.30. The molecule has 0 unspecified atom stereocenters. The van der Waals surface area contributed by atoms with Gasteiger partial charge in [-0.1, -0.05) is 51.2 Å². The average molecular weight is 298 g/mol. The predicted octanol–water partition coefficient (Wildman–Crippen LogP) is 4.48. The van der Waals surface area contributed by atoms with Crippen molar-refractivity contribution in [2.75, 3.05) is 0 Å². The van der Waals surface area contributed by atoms with E-state index in [0.29, 0.717) is 5.69 Å². The van der Waals surface area contributed by atoms with Crippen LogP contribution in [0.15, 0.2) is 33.9 Å². The summed E-state index contributed by atoms with van der Waals surface area (Å²) in [5.41, 5.74) is 1.61. The number of rotatable bonds is 9. The van der Waals surface area contributed by atoms with Crippen LogP contribution in [-0.4, -0.2) is 13.0 Å². The number of hydrogen-bond donors (Lipinski definition) is 1. The minimum atomic E-state index is -4.40. The van der Waals surface area contributed by atoms with Crippen LogP contribution in [0.5, 0.6) is 0 Å². The Morgan fingerprint density at radius 1 is 1.00 bits per heavy atom. The maximum absolute atomic E-state index is 10.4. The van der Waals surface area contributed by atoms with Gasteiger partial charge in [-0.25, -0.2) is 0 Å². The second kappa shape index (κ2) is 8.81. The first-order valence-corrected chi connectivity index (χ1v) is 8.40. The number of aryl methyl sites for hydroxylation is 1. The topological polar surface area (TPSA) is 79.1 Å². The van der Waals surface area contributed by atoms with E-state index in [1.807, 2.05) is 12.1 Å². The number of hydrogen-bond acceptors (Lipinski definition) is 3. The summed E-state index contributed by atoms with van der Waals surface area (Å²) in [4.78, 5) is 0. The second-order valence-electron chi connectivity index (χ2n) is 4.81. The van der Waals surface area contributed by atoms with Crippen molar-refractivity contribution in [3.8, 4) is 0 Å². The zero-order valence-electron chi connectivity index (χ0n) is 11.8. The first kappa shape index (κ1) is 16.8. The summed E-state index contributed by atoms with van der Waals surface area (Å²) in [6.45, 7) is 2.21. The molecule has 0 saturated heterocycles. The Kier molecular flexibility index (Phi) is 7.40. The molecule has 0 spiro atoms. The average Bonchev–Trinajstić information content (AvgIpc) is 2.41. The first-order valence-electron chi connectivity index (χ1n) is 7.00. The number of benzene rings is 1. The fraction of sp³-hybridized carbons (Fsp3) is 0.571. The van der Waals surface area contributed by atoms with Crippen molar-refractivity contribution in [3.05, 3.63) is 29.8 Å². The fourth-order valence-electron chi connectivity index (χ4n) is 1.94. The van der Waals surface area contributed by atoms with Crippen molar-refractivity contribution >= 4 is 16.0 Å². The smallest absolute Gasteiger partial charge is 0.267 e. The van der Waals surface area contributed by atoms with Crippen LogP contribution in [0, 0.1) is 0 Å². The van der Waals surface area contributed by atoms with Crippen molar-refractivity contribution in [3.63, 3.8) is 0 Å². The summed E-state index contributed by atoms with van der Waals surface area (Å²) in [7, 11) is -4.40. The Morgan fingerprint density at radius 3 is 2.20 bits per heavy atom. The van der Waals surface area contributed by atoms with Crippen molar-refractivity contribution in [1.82, 2.24) is 0 Å². The summed E-state index contributed by atoms with van der Waals surface area (Å²) in [5.74, 6) is 0. The minimum absolute atomic E-state index is 0.411. The van der Waals surface area contributed by atoms with Crippen LogP contribution in [0.3, 0.4) is 0 Å². The Hall–Kier alpha value is -1.27. The lowest BCUT2D eigenvalue weighted by molar-refractivity contribution is 0.482. The standard InChI is InChI=1S/C14H22N2O3S/c1-2-3-4-5-6-7-8-13-9-11-14(12-10-13)15-16-20(17,18)19/h9-12H,2-8H2,1H3,(H,17,18,19). The largest absolute Gasteiger partial charge is 0.396 e. The molecular formula is C14H22N2O3S. The Bertz CT molecular complexity index is 510. The van der Waals surface area contributed by atoms with Crippen LogP contribution in [0.1, 0.15) is 51.0 Å². The lowest BCUT2D eigenvalue weighted by Crippen LogP contribution is -1.88. The summed E-state index contributed by atoms with van der Waals surface area (Å²) < 4.78 is 32.1. The molecule has 1 aromatic carbocycles. The zero-order valence-corrected chi connectivity index (χ0v) is 12.6. The summed E-state index contributed by atoms with van der Waals surface area (Å²) >= 11 is 0. The molecule has 0 saturated carbocycles. The monoisotopic (exact) mass is 298 g/mol. The van der Waals surface area contributed by atoms with E-state index in [1.54, 1.807) is 12.1 Å². The van der Waals surface area contributed by atoms with Crippen LogP contribution in [0.2, 0.25) is 0 Å². The van der Waals surface area contributed by atoms with Crippen molar-refractivity contribution < 1.29 is 13.0 Å². The Labute approximate surface area is 121 Å². The van der Waals surface area contributed by atoms with Gasteiger partial charge in [0.1, 0.15) is 0 Å². The molecule has 0 aliphatic rings. The van der Waals surface area contributed by atoms with Crippen LogP contribution in [-0.2, 0) is 16.7 Å². The highest BCUT2D eigenvalue weighted by Crippen LogP contribution is 2.16. The third kappa shape index (κ3) is 8.01. The van der Waals surface area contributed by atoms with E-state index >= 15 is 0 Å². The van der Waals surface area contributed by atoms with Crippen LogP contribution >= 0.6 is 0 Å². The second-order valence-corrected chi connectivity index (χ2v) is 5.87. The van der Waals surface area contributed by atoms with Gasteiger partial charge in [0.05, 0.1) is 5.69 Å². The molecule has 5 nitrogen and oxygen atoms in total. The van der Waals surface area contributed by atoms with E-state index in [1.165, 1.54) is 37.7 Å². The molecule has 112 valence electrons. The van der Waals surface area contributed by atoms with Crippen LogP contribution < -0.4 is 0 Å². The molecule has 1 aromatic rings. The highest BCUT2D eigenvalue weighted by Gasteiger charge is 1.99. The quantitative estimate of drug-likeness (QED) is 0.415. The van der Waals surface area contributed by atoms with Crippen LogP contribution in [0.4, 0.5) is 5.69 Å². The maximum Gasteiger partial charge on any atom is 0.396 e. The van der Waals surface area contributed by atoms with Gasteiger partial charge in [-0.2, -0.15) is 8.42 Å². The molecule has 0 amide bonds. The molecule has 20 heavy (non-hydrogen) atoms. The van der Waals surface area contributed by atoms with Gasteiger partial charge in [-0.3, -0.25) is 4.55 Å². The third-order valence-electron chi connectivity index (χ3n) is 3.01. The van der Waals surface area contributed by atoms with Crippen molar-refractivity contribution in [2.45, 2.75) is 51.9 Å².